The van der Waals surface area contributed by atoms with Crippen LogP contribution in [0.2, 0.25) is 0 Å². The maximum atomic E-state index is 11.9. The van der Waals surface area contributed by atoms with Crippen LogP contribution in [0.15, 0.2) is 58.0 Å². The smallest absolute Gasteiger partial charge is 0.192 e. The Kier molecular flexibility index (Phi) is 2.68. The van der Waals surface area contributed by atoms with Crippen molar-refractivity contribution in [1.82, 2.24) is 9.78 Å². The lowest BCUT2D eigenvalue weighted by atomic mass is 10.2. The van der Waals surface area contributed by atoms with Gasteiger partial charge in [-0.25, -0.2) is 0 Å². The third-order valence-electron chi connectivity index (χ3n) is 2.83. The van der Waals surface area contributed by atoms with E-state index >= 15 is 0 Å². The lowest BCUT2D eigenvalue weighted by molar-refractivity contribution is 0.498. The Hall–Kier alpha value is -2.36. The third-order valence-corrected chi connectivity index (χ3v) is 2.83. The Balaban J connectivity index is 1.91. The van der Waals surface area contributed by atoms with Crippen molar-refractivity contribution in [2.45, 2.75) is 13.0 Å². The topological polar surface area (TPSA) is 48.0 Å². The molecule has 0 aliphatic rings. The van der Waals surface area contributed by atoms with Crippen molar-refractivity contribution in [3.05, 3.63) is 64.8 Å². The molecule has 0 amide bonds. The standard InChI is InChI=1S/C14H12N2O2/c17-13-10-11(6-9-16-8-3-7-15-16)18-14-5-2-1-4-12(13)14/h1-5,7-8,10H,6,9H2. The van der Waals surface area contributed by atoms with Gasteiger partial charge in [0.25, 0.3) is 0 Å². The molecule has 4 nitrogen and oxygen atoms in total. The predicted octanol–water partition coefficient (Wildman–Crippen LogP) is 2.23. The highest BCUT2D eigenvalue weighted by Crippen LogP contribution is 2.12. The summed E-state index contributed by atoms with van der Waals surface area (Å²) in [6.45, 7) is 0.703. The fourth-order valence-corrected chi connectivity index (χ4v) is 1.93. The van der Waals surface area contributed by atoms with Crippen LogP contribution in [-0.4, -0.2) is 9.78 Å². The minimum absolute atomic E-state index is 0.00677. The number of hydrogen-bond acceptors (Lipinski definition) is 3. The van der Waals surface area contributed by atoms with Crippen molar-refractivity contribution in [3.8, 4) is 0 Å². The minimum Gasteiger partial charge on any atom is -0.461 e. The molecule has 0 N–H and O–H groups in total. The summed E-state index contributed by atoms with van der Waals surface area (Å²) in [7, 11) is 0. The first-order valence-electron chi connectivity index (χ1n) is 5.82. The fraction of sp³-hybridized carbons (Fsp3) is 0.143. The first-order chi connectivity index (χ1) is 8.83. The number of hydrogen-bond donors (Lipinski definition) is 0. The number of benzene rings is 1. The number of para-hydroxylation sites is 1. The quantitative estimate of drug-likeness (QED) is 0.705. The molecule has 0 unspecified atom stereocenters. The molecule has 0 aliphatic heterocycles. The van der Waals surface area contributed by atoms with Crippen molar-refractivity contribution >= 4 is 11.0 Å². The molecule has 0 saturated heterocycles. The second-order valence-electron chi connectivity index (χ2n) is 4.09. The summed E-state index contributed by atoms with van der Waals surface area (Å²) in [5.74, 6) is 0.689. The minimum atomic E-state index is 0.00677. The zero-order valence-corrected chi connectivity index (χ0v) is 9.74. The molecule has 90 valence electrons. The zero-order valence-electron chi connectivity index (χ0n) is 9.74. The summed E-state index contributed by atoms with van der Waals surface area (Å²) >= 11 is 0. The highest BCUT2D eigenvalue weighted by Gasteiger charge is 2.04. The van der Waals surface area contributed by atoms with Crippen molar-refractivity contribution in [3.63, 3.8) is 0 Å². The summed E-state index contributed by atoms with van der Waals surface area (Å²) in [6, 6.07) is 10.7. The van der Waals surface area contributed by atoms with Crippen molar-refractivity contribution in [1.29, 1.82) is 0 Å². The maximum absolute atomic E-state index is 11.9. The SMILES string of the molecule is O=c1cc(CCn2cccn2)oc2ccccc12. The van der Waals surface area contributed by atoms with E-state index in [0.717, 1.165) is 0 Å². The van der Waals surface area contributed by atoms with Gasteiger partial charge in [0.15, 0.2) is 5.43 Å². The second-order valence-corrected chi connectivity index (χ2v) is 4.09. The van der Waals surface area contributed by atoms with E-state index in [1.807, 2.05) is 35.1 Å². The molecule has 2 heterocycles. The summed E-state index contributed by atoms with van der Waals surface area (Å²) in [4.78, 5) is 11.9. The molecule has 3 rings (SSSR count). The van der Waals surface area contributed by atoms with Gasteiger partial charge >= 0.3 is 0 Å². The van der Waals surface area contributed by atoms with E-state index in [9.17, 15) is 4.79 Å². The van der Waals surface area contributed by atoms with Crippen LogP contribution >= 0.6 is 0 Å². The van der Waals surface area contributed by atoms with Gasteiger partial charge in [0.05, 0.1) is 5.39 Å². The van der Waals surface area contributed by atoms with Crippen molar-refractivity contribution < 1.29 is 4.42 Å². The molecular formula is C14H12N2O2. The van der Waals surface area contributed by atoms with E-state index in [2.05, 4.69) is 5.10 Å². The molecule has 3 aromatic rings. The molecule has 0 aliphatic carbocycles. The first kappa shape index (κ1) is 10.8. The van der Waals surface area contributed by atoms with Crippen LogP contribution < -0.4 is 5.43 Å². The molecule has 0 spiro atoms. The highest BCUT2D eigenvalue weighted by molar-refractivity contribution is 5.76. The van der Waals surface area contributed by atoms with Crippen LogP contribution in [0.5, 0.6) is 0 Å². The average molecular weight is 240 g/mol. The first-order valence-corrected chi connectivity index (χ1v) is 5.82. The Morgan fingerprint density at radius 2 is 2.11 bits per heavy atom. The number of aryl methyl sites for hydroxylation is 2. The Bertz CT molecular complexity index is 714. The molecule has 18 heavy (non-hydrogen) atoms. The van der Waals surface area contributed by atoms with Gasteiger partial charge in [0, 0.05) is 31.4 Å². The lowest BCUT2D eigenvalue weighted by Gasteiger charge is -2.03. The molecule has 2 aromatic heterocycles. The van der Waals surface area contributed by atoms with E-state index in [1.165, 1.54) is 0 Å². The molecule has 1 aromatic carbocycles. The van der Waals surface area contributed by atoms with Crippen LogP contribution in [0.25, 0.3) is 11.0 Å². The predicted molar refractivity (Wildman–Crippen MR) is 68.4 cm³/mol. The Labute approximate surface area is 103 Å². The second kappa shape index (κ2) is 4.49. The summed E-state index contributed by atoms with van der Waals surface area (Å²) in [6.07, 6.45) is 4.28. The molecule has 4 heteroatoms. The molecule has 0 atom stereocenters. The monoisotopic (exact) mass is 240 g/mol. The fourth-order valence-electron chi connectivity index (χ4n) is 1.93. The summed E-state index contributed by atoms with van der Waals surface area (Å²) in [5, 5.41) is 4.74. The molecule has 0 bridgehead atoms. The van der Waals surface area contributed by atoms with Crippen molar-refractivity contribution in [2.24, 2.45) is 0 Å². The van der Waals surface area contributed by atoms with Gasteiger partial charge in [0.2, 0.25) is 0 Å². The number of rotatable bonds is 3. The molecule has 0 radical (unpaired) electrons. The van der Waals surface area contributed by atoms with E-state index in [4.69, 9.17) is 4.42 Å². The van der Waals surface area contributed by atoms with Crippen molar-refractivity contribution in [2.75, 3.05) is 0 Å². The normalized spacial score (nSPS) is 10.9. The molecule has 0 fully saturated rings. The lowest BCUT2D eigenvalue weighted by Crippen LogP contribution is -2.06. The van der Waals surface area contributed by atoms with Gasteiger partial charge in [-0.05, 0) is 18.2 Å². The third kappa shape index (κ3) is 2.05. The van der Waals surface area contributed by atoms with Gasteiger partial charge in [0.1, 0.15) is 11.3 Å². The van der Waals surface area contributed by atoms with Gasteiger partial charge in [-0.2, -0.15) is 5.10 Å². The van der Waals surface area contributed by atoms with E-state index in [-0.39, 0.29) is 5.43 Å². The maximum Gasteiger partial charge on any atom is 0.192 e. The Morgan fingerprint density at radius 3 is 2.94 bits per heavy atom. The van der Waals surface area contributed by atoms with E-state index in [1.54, 1.807) is 18.3 Å². The number of fused-ring (bicyclic) bond motifs is 1. The van der Waals surface area contributed by atoms with E-state index in [0.29, 0.717) is 29.7 Å². The van der Waals surface area contributed by atoms with Crippen LogP contribution in [0.3, 0.4) is 0 Å². The van der Waals surface area contributed by atoms with Crippen LogP contribution in [0.4, 0.5) is 0 Å². The summed E-state index contributed by atoms with van der Waals surface area (Å²) in [5.41, 5.74) is 0.646. The van der Waals surface area contributed by atoms with Gasteiger partial charge < -0.3 is 4.42 Å². The number of aromatic nitrogens is 2. The zero-order chi connectivity index (χ0) is 12.4. The van der Waals surface area contributed by atoms with Gasteiger partial charge in [-0.15, -0.1) is 0 Å². The average Bonchev–Trinajstić information content (AvgIpc) is 2.90. The Morgan fingerprint density at radius 1 is 1.22 bits per heavy atom. The molecular weight excluding hydrogens is 228 g/mol. The van der Waals surface area contributed by atoms with Gasteiger partial charge in [-0.3, -0.25) is 9.48 Å². The number of nitrogens with zero attached hydrogens (tertiary/aromatic N) is 2. The summed E-state index contributed by atoms with van der Waals surface area (Å²) < 4.78 is 7.51. The molecule has 0 saturated carbocycles. The largest absolute Gasteiger partial charge is 0.461 e. The van der Waals surface area contributed by atoms with Crippen LogP contribution in [0, 0.1) is 0 Å². The van der Waals surface area contributed by atoms with Crippen LogP contribution in [-0.2, 0) is 13.0 Å². The van der Waals surface area contributed by atoms with E-state index < -0.39 is 0 Å². The van der Waals surface area contributed by atoms with Crippen LogP contribution in [0.1, 0.15) is 5.76 Å². The highest BCUT2D eigenvalue weighted by atomic mass is 16.3. The van der Waals surface area contributed by atoms with Gasteiger partial charge in [-0.1, -0.05) is 12.1 Å².